The third kappa shape index (κ3) is 4.10. The van der Waals surface area contributed by atoms with Crippen molar-refractivity contribution in [3.05, 3.63) is 65.9 Å². The minimum atomic E-state index is -4.63. The molecule has 3 aromatic rings. The van der Waals surface area contributed by atoms with Crippen molar-refractivity contribution in [1.29, 1.82) is 0 Å². The average molecular weight is 414 g/mol. The molecule has 9 heteroatoms. The lowest BCUT2D eigenvalue weighted by molar-refractivity contribution is -0.145. The number of amides is 1. The van der Waals surface area contributed by atoms with Crippen LogP contribution in [0.4, 0.5) is 18.9 Å². The minimum Gasteiger partial charge on any atom is -0.473 e. The fourth-order valence-corrected chi connectivity index (χ4v) is 3.28. The van der Waals surface area contributed by atoms with Gasteiger partial charge in [-0.05, 0) is 35.7 Å². The number of rotatable bonds is 4. The van der Waals surface area contributed by atoms with E-state index in [1.165, 1.54) is 6.07 Å². The Morgan fingerprint density at radius 1 is 1.10 bits per heavy atom. The standard InChI is InChI=1S/C21H17F3N4O2/c1-28-17-4-2-14(9-15(17)3-5-19(28)29)16-8-13(10-25-11-16)12-30-18-6-7-26-20(27-18)21(22,23)24/h2,4,6-11H,3,5,12H2,1H3. The van der Waals surface area contributed by atoms with Gasteiger partial charge in [0.1, 0.15) is 6.61 Å². The van der Waals surface area contributed by atoms with E-state index in [-0.39, 0.29) is 18.4 Å². The number of nitrogens with zero attached hydrogens (tertiary/aromatic N) is 4. The predicted molar refractivity (Wildman–Crippen MR) is 103 cm³/mol. The van der Waals surface area contributed by atoms with Gasteiger partial charge in [-0.25, -0.2) is 4.98 Å². The molecule has 0 spiro atoms. The summed E-state index contributed by atoms with van der Waals surface area (Å²) < 4.78 is 43.6. The second-order valence-electron chi connectivity index (χ2n) is 6.88. The summed E-state index contributed by atoms with van der Waals surface area (Å²) >= 11 is 0. The van der Waals surface area contributed by atoms with E-state index in [0.29, 0.717) is 18.4 Å². The van der Waals surface area contributed by atoms with Gasteiger partial charge in [-0.3, -0.25) is 9.78 Å². The predicted octanol–water partition coefficient (Wildman–Crippen LogP) is 4.05. The van der Waals surface area contributed by atoms with E-state index in [1.54, 1.807) is 24.3 Å². The van der Waals surface area contributed by atoms with Crippen LogP contribution in [0.2, 0.25) is 0 Å². The zero-order valence-corrected chi connectivity index (χ0v) is 16.0. The molecular formula is C21H17F3N4O2. The van der Waals surface area contributed by atoms with E-state index in [2.05, 4.69) is 15.0 Å². The molecule has 154 valence electrons. The molecule has 3 heterocycles. The Hall–Kier alpha value is -3.49. The van der Waals surface area contributed by atoms with E-state index in [9.17, 15) is 18.0 Å². The molecule has 30 heavy (non-hydrogen) atoms. The average Bonchev–Trinajstić information content (AvgIpc) is 2.74. The van der Waals surface area contributed by atoms with Gasteiger partial charge < -0.3 is 9.64 Å². The molecule has 0 saturated carbocycles. The van der Waals surface area contributed by atoms with E-state index in [1.807, 2.05) is 24.3 Å². The number of halogens is 3. The van der Waals surface area contributed by atoms with Gasteiger partial charge in [0, 0.05) is 54.9 Å². The molecule has 0 radical (unpaired) electrons. The first-order valence-electron chi connectivity index (χ1n) is 9.18. The monoisotopic (exact) mass is 414 g/mol. The quantitative estimate of drug-likeness (QED) is 0.645. The number of ether oxygens (including phenoxy) is 1. The number of alkyl halides is 3. The Labute approximate surface area is 170 Å². The number of benzene rings is 1. The summed E-state index contributed by atoms with van der Waals surface area (Å²) in [5.41, 5.74) is 4.44. The summed E-state index contributed by atoms with van der Waals surface area (Å²) in [6.07, 6.45) is 0.812. The van der Waals surface area contributed by atoms with Crippen LogP contribution >= 0.6 is 0 Å². The van der Waals surface area contributed by atoms with Crippen molar-refractivity contribution in [2.24, 2.45) is 0 Å². The highest BCUT2D eigenvalue weighted by molar-refractivity contribution is 5.96. The van der Waals surface area contributed by atoms with Gasteiger partial charge in [-0.2, -0.15) is 18.2 Å². The van der Waals surface area contributed by atoms with Crippen molar-refractivity contribution in [3.63, 3.8) is 0 Å². The van der Waals surface area contributed by atoms with Crippen LogP contribution in [-0.4, -0.2) is 27.9 Å². The van der Waals surface area contributed by atoms with Gasteiger partial charge in [-0.1, -0.05) is 6.07 Å². The normalized spacial score (nSPS) is 13.9. The Bertz CT molecular complexity index is 1100. The van der Waals surface area contributed by atoms with Crippen molar-refractivity contribution < 1.29 is 22.7 Å². The van der Waals surface area contributed by atoms with E-state index >= 15 is 0 Å². The molecule has 1 amide bonds. The molecule has 0 atom stereocenters. The van der Waals surface area contributed by atoms with Crippen LogP contribution in [0.5, 0.6) is 5.88 Å². The number of anilines is 1. The summed E-state index contributed by atoms with van der Waals surface area (Å²) in [5, 5.41) is 0. The number of pyridine rings is 1. The Kier molecular flexibility index (Phi) is 5.11. The Balaban J connectivity index is 1.52. The summed E-state index contributed by atoms with van der Waals surface area (Å²) in [7, 11) is 1.76. The first kappa shape index (κ1) is 19.8. The van der Waals surface area contributed by atoms with Gasteiger partial charge in [0.15, 0.2) is 0 Å². The van der Waals surface area contributed by atoms with Crippen LogP contribution in [-0.2, 0) is 24.0 Å². The molecule has 4 rings (SSSR count). The second-order valence-corrected chi connectivity index (χ2v) is 6.88. The molecule has 0 unspecified atom stereocenters. The van der Waals surface area contributed by atoms with Gasteiger partial charge in [-0.15, -0.1) is 0 Å². The molecule has 1 aromatic carbocycles. The number of hydrogen-bond acceptors (Lipinski definition) is 5. The zero-order valence-electron chi connectivity index (χ0n) is 16.0. The van der Waals surface area contributed by atoms with Gasteiger partial charge in [0.05, 0.1) is 0 Å². The largest absolute Gasteiger partial charge is 0.473 e. The molecule has 1 aliphatic heterocycles. The molecule has 2 aromatic heterocycles. The van der Waals surface area contributed by atoms with E-state index in [0.717, 1.165) is 28.6 Å². The molecule has 0 fully saturated rings. The van der Waals surface area contributed by atoms with E-state index in [4.69, 9.17) is 4.74 Å². The number of carbonyl (C=O) groups excluding carboxylic acids is 1. The number of aromatic nitrogens is 3. The van der Waals surface area contributed by atoms with Crippen molar-refractivity contribution in [1.82, 2.24) is 15.0 Å². The number of aryl methyl sites for hydroxylation is 1. The van der Waals surface area contributed by atoms with Crippen LogP contribution in [0.25, 0.3) is 11.1 Å². The van der Waals surface area contributed by atoms with Crippen molar-refractivity contribution in [3.8, 4) is 17.0 Å². The molecular weight excluding hydrogens is 397 g/mol. The Morgan fingerprint density at radius 2 is 1.93 bits per heavy atom. The van der Waals surface area contributed by atoms with Crippen molar-refractivity contribution in [2.75, 3.05) is 11.9 Å². The molecule has 0 aliphatic carbocycles. The second kappa shape index (κ2) is 7.74. The lowest BCUT2D eigenvalue weighted by atomic mass is 9.96. The Morgan fingerprint density at radius 3 is 2.73 bits per heavy atom. The fraction of sp³-hybridized carbons (Fsp3) is 0.238. The minimum absolute atomic E-state index is 0.0112. The van der Waals surface area contributed by atoms with Crippen LogP contribution in [0.15, 0.2) is 48.9 Å². The molecule has 6 nitrogen and oxygen atoms in total. The third-order valence-corrected chi connectivity index (χ3v) is 4.82. The fourth-order valence-electron chi connectivity index (χ4n) is 3.28. The van der Waals surface area contributed by atoms with Crippen LogP contribution in [0.3, 0.4) is 0 Å². The highest BCUT2D eigenvalue weighted by atomic mass is 19.4. The van der Waals surface area contributed by atoms with Gasteiger partial charge >= 0.3 is 6.18 Å². The highest BCUT2D eigenvalue weighted by Crippen LogP contribution is 2.31. The van der Waals surface area contributed by atoms with Crippen LogP contribution in [0, 0.1) is 0 Å². The molecule has 0 bridgehead atoms. The lowest BCUT2D eigenvalue weighted by Crippen LogP contribution is -2.30. The smallest absolute Gasteiger partial charge is 0.451 e. The summed E-state index contributed by atoms with van der Waals surface area (Å²) in [5.74, 6) is -1.32. The first-order valence-corrected chi connectivity index (χ1v) is 9.18. The lowest BCUT2D eigenvalue weighted by Gasteiger charge is -2.26. The summed E-state index contributed by atoms with van der Waals surface area (Å²) in [6.45, 7) is 0.0112. The maximum Gasteiger partial charge on any atom is 0.451 e. The molecule has 0 N–H and O–H groups in total. The summed E-state index contributed by atoms with van der Waals surface area (Å²) in [6, 6.07) is 8.98. The summed E-state index contributed by atoms with van der Waals surface area (Å²) in [4.78, 5) is 24.3. The number of fused-ring (bicyclic) bond motifs is 1. The zero-order chi connectivity index (χ0) is 21.3. The maximum absolute atomic E-state index is 12.7. The van der Waals surface area contributed by atoms with Gasteiger partial charge in [0.2, 0.25) is 17.6 Å². The SMILES string of the molecule is CN1C(=O)CCc2cc(-c3cncc(COc4ccnc(C(F)(F)F)n4)c3)ccc21. The number of hydrogen-bond donors (Lipinski definition) is 0. The van der Waals surface area contributed by atoms with Crippen molar-refractivity contribution >= 4 is 11.6 Å². The maximum atomic E-state index is 12.7. The van der Waals surface area contributed by atoms with Crippen LogP contribution in [0.1, 0.15) is 23.4 Å². The third-order valence-electron chi connectivity index (χ3n) is 4.82. The van der Waals surface area contributed by atoms with Crippen molar-refractivity contribution in [2.45, 2.75) is 25.6 Å². The topological polar surface area (TPSA) is 68.2 Å². The van der Waals surface area contributed by atoms with E-state index < -0.39 is 12.0 Å². The number of carbonyl (C=O) groups is 1. The van der Waals surface area contributed by atoms with Crippen LogP contribution < -0.4 is 9.64 Å². The molecule has 0 saturated heterocycles. The molecule has 1 aliphatic rings. The highest BCUT2D eigenvalue weighted by Gasteiger charge is 2.34. The first-order chi connectivity index (χ1) is 14.3. The van der Waals surface area contributed by atoms with Gasteiger partial charge in [0.25, 0.3) is 0 Å².